The Morgan fingerprint density at radius 1 is 1.40 bits per heavy atom. The second-order valence-electron chi connectivity index (χ2n) is 6.15. The van der Waals surface area contributed by atoms with Gasteiger partial charge in [-0.1, -0.05) is 25.1 Å². The second kappa shape index (κ2) is 4.61. The Labute approximate surface area is 119 Å². The molecule has 2 aromatic rings. The largest absolute Gasteiger partial charge is 0.361 e. The summed E-state index contributed by atoms with van der Waals surface area (Å²) in [7, 11) is 0. The minimum atomic E-state index is 0.112. The smallest absolute Gasteiger partial charge is 0.167 e. The number of nitrogens with zero attached hydrogens (tertiary/aromatic N) is 1. The first-order valence-corrected chi connectivity index (χ1v) is 7.85. The van der Waals surface area contributed by atoms with Crippen LogP contribution in [-0.4, -0.2) is 22.3 Å². The monoisotopic (exact) mass is 270 g/mol. The van der Waals surface area contributed by atoms with E-state index < -0.39 is 0 Å². The van der Waals surface area contributed by atoms with Crippen molar-refractivity contribution in [2.75, 3.05) is 6.54 Å². The molecular weight excluding hydrogens is 248 g/mol. The molecule has 1 aromatic carbocycles. The Hall–Kier alpha value is -1.32. The molecule has 1 aliphatic heterocycles. The molecule has 4 rings (SSSR count). The SMILES string of the molecule is CCC1CCCC12ON2CCc1c[nH]c2ccccc12. The van der Waals surface area contributed by atoms with Gasteiger partial charge in [-0.3, -0.25) is 4.84 Å². The maximum absolute atomic E-state index is 6.00. The molecule has 0 radical (unpaired) electrons. The summed E-state index contributed by atoms with van der Waals surface area (Å²) in [6.45, 7) is 3.30. The molecule has 2 heterocycles. The summed E-state index contributed by atoms with van der Waals surface area (Å²) in [5.74, 6) is 0.741. The fraction of sp³-hybridized carbons (Fsp3) is 0.529. The molecule has 1 saturated heterocycles. The van der Waals surface area contributed by atoms with Crippen LogP contribution in [0.5, 0.6) is 0 Å². The Morgan fingerprint density at radius 3 is 3.20 bits per heavy atom. The lowest BCUT2D eigenvalue weighted by Gasteiger charge is -2.12. The van der Waals surface area contributed by atoms with Gasteiger partial charge in [0.05, 0.1) is 0 Å². The van der Waals surface area contributed by atoms with E-state index in [2.05, 4.69) is 47.4 Å². The van der Waals surface area contributed by atoms with Crippen molar-refractivity contribution in [1.29, 1.82) is 0 Å². The lowest BCUT2D eigenvalue weighted by atomic mass is 9.98. The quantitative estimate of drug-likeness (QED) is 0.855. The summed E-state index contributed by atoms with van der Waals surface area (Å²) in [4.78, 5) is 9.36. The molecule has 3 unspecified atom stereocenters. The van der Waals surface area contributed by atoms with Crippen molar-refractivity contribution in [3.8, 4) is 0 Å². The standard InChI is InChI=1S/C17H22N2O/c1-2-14-6-5-10-17(14)19(20-17)11-9-13-12-18-16-8-4-3-7-15(13)16/h3-4,7-8,12,14,18H,2,5-6,9-11H2,1H3. The van der Waals surface area contributed by atoms with Crippen molar-refractivity contribution in [2.24, 2.45) is 5.92 Å². The maximum Gasteiger partial charge on any atom is 0.167 e. The molecular formula is C17H22N2O. The summed E-state index contributed by atoms with van der Waals surface area (Å²) < 4.78 is 0. The van der Waals surface area contributed by atoms with Crippen molar-refractivity contribution in [2.45, 2.75) is 44.8 Å². The molecule has 2 fully saturated rings. The zero-order chi connectivity index (χ0) is 13.6. The number of aromatic nitrogens is 1. The number of hydrogen-bond acceptors (Lipinski definition) is 2. The predicted molar refractivity (Wildman–Crippen MR) is 80.2 cm³/mol. The maximum atomic E-state index is 6.00. The van der Waals surface area contributed by atoms with Crippen LogP contribution in [0, 0.1) is 5.92 Å². The number of fused-ring (bicyclic) bond motifs is 1. The zero-order valence-electron chi connectivity index (χ0n) is 12.1. The topological polar surface area (TPSA) is 31.3 Å². The zero-order valence-corrected chi connectivity index (χ0v) is 12.1. The second-order valence-corrected chi connectivity index (χ2v) is 6.15. The third-order valence-electron chi connectivity index (χ3n) is 5.14. The van der Waals surface area contributed by atoms with Gasteiger partial charge in [0.25, 0.3) is 0 Å². The van der Waals surface area contributed by atoms with Crippen LogP contribution in [0.1, 0.15) is 38.2 Å². The van der Waals surface area contributed by atoms with E-state index >= 15 is 0 Å². The van der Waals surface area contributed by atoms with Crippen molar-refractivity contribution < 1.29 is 4.84 Å². The lowest BCUT2D eigenvalue weighted by molar-refractivity contribution is 0.186. The minimum Gasteiger partial charge on any atom is -0.361 e. The Morgan fingerprint density at radius 2 is 2.30 bits per heavy atom. The predicted octanol–water partition coefficient (Wildman–Crippen LogP) is 3.86. The van der Waals surface area contributed by atoms with Gasteiger partial charge < -0.3 is 4.98 Å². The van der Waals surface area contributed by atoms with E-state index in [0.29, 0.717) is 0 Å². The van der Waals surface area contributed by atoms with Gasteiger partial charge in [-0.05, 0) is 43.7 Å². The van der Waals surface area contributed by atoms with Gasteiger partial charge >= 0.3 is 0 Å². The molecule has 1 spiro atoms. The number of hydroxylamine groups is 2. The van der Waals surface area contributed by atoms with E-state index in [9.17, 15) is 0 Å². The Bertz CT molecular complexity index is 620. The molecule has 20 heavy (non-hydrogen) atoms. The molecule has 3 heteroatoms. The average Bonchev–Trinajstić information content (AvgIpc) is 2.85. The van der Waals surface area contributed by atoms with Crippen molar-refractivity contribution >= 4 is 10.9 Å². The van der Waals surface area contributed by atoms with E-state index in [4.69, 9.17) is 4.84 Å². The highest BCUT2D eigenvalue weighted by Gasteiger charge is 2.61. The van der Waals surface area contributed by atoms with Crippen LogP contribution in [0.2, 0.25) is 0 Å². The van der Waals surface area contributed by atoms with Crippen LogP contribution in [0.15, 0.2) is 30.5 Å². The van der Waals surface area contributed by atoms with Crippen LogP contribution in [-0.2, 0) is 11.3 Å². The van der Waals surface area contributed by atoms with Crippen LogP contribution in [0.3, 0.4) is 0 Å². The van der Waals surface area contributed by atoms with Crippen LogP contribution in [0.4, 0.5) is 0 Å². The van der Waals surface area contributed by atoms with Gasteiger partial charge in [0, 0.05) is 29.6 Å². The molecule has 0 amide bonds. The molecule has 3 nitrogen and oxygen atoms in total. The van der Waals surface area contributed by atoms with E-state index in [1.807, 2.05) is 0 Å². The average molecular weight is 270 g/mol. The highest BCUT2D eigenvalue weighted by molar-refractivity contribution is 5.83. The third-order valence-corrected chi connectivity index (χ3v) is 5.14. The third kappa shape index (κ3) is 1.80. The van der Waals surface area contributed by atoms with Crippen molar-refractivity contribution in [1.82, 2.24) is 10.0 Å². The molecule has 1 saturated carbocycles. The summed E-state index contributed by atoms with van der Waals surface area (Å²) in [5, 5.41) is 3.59. The molecule has 106 valence electrons. The van der Waals surface area contributed by atoms with Gasteiger partial charge in [-0.25, -0.2) is 0 Å². The van der Waals surface area contributed by atoms with Gasteiger partial charge in [0.15, 0.2) is 5.72 Å². The number of rotatable bonds is 4. The molecule has 2 aliphatic rings. The van der Waals surface area contributed by atoms with Crippen molar-refractivity contribution in [3.63, 3.8) is 0 Å². The number of benzene rings is 1. The van der Waals surface area contributed by atoms with Crippen molar-refractivity contribution in [3.05, 3.63) is 36.0 Å². The fourth-order valence-electron chi connectivity index (χ4n) is 3.97. The van der Waals surface area contributed by atoms with Crippen LogP contribution < -0.4 is 0 Å². The summed E-state index contributed by atoms with van der Waals surface area (Å²) >= 11 is 0. The first-order valence-electron chi connectivity index (χ1n) is 7.85. The first-order chi connectivity index (χ1) is 9.83. The number of hydrogen-bond donors (Lipinski definition) is 1. The van der Waals surface area contributed by atoms with Crippen LogP contribution in [0.25, 0.3) is 10.9 Å². The van der Waals surface area contributed by atoms with E-state index in [1.54, 1.807) is 0 Å². The number of para-hydroxylation sites is 1. The van der Waals surface area contributed by atoms with Gasteiger partial charge in [0.1, 0.15) is 0 Å². The molecule has 1 aliphatic carbocycles. The molecule has 3 atom stereocenters. The van der Waals surface area contributed by atoms with E-state index in [-0.39, 0.29) is 5.72 Å². The first kappa shape index (κ1) is 12.4. The van der Waals surface area contributed by atoms with Crippen LogP contribution >= 0.6 is 0 Å². The Balaban J connectivity index is 1.45. The minimum absolute atomic E-state index is 0.112. The highest BCUT2D eigenvalue weighted by Crippen LogP contribution is 2.53. The molecule has 0 bridgehead atoms. The fourth-order valence-corrected chi connectivity index (χ4v) is 3.97. The molecule has 1 aromatic heterocycles. The highest BCUT2D eigenvalue weighted by atomic mass is 16.9. The lowest BCUT2D eigenvalue weighted by Crippen LogP contribution is -2.24. The van der Waals surface area contributed by atoms with E-state index in [1.165, 1.54) is 42.1 Å². The van der Waals surface area contributed by atoms with E-state index in [0.717, 1.165) is 18.9 Å². The summed E-state index contributed by atoms with van der Waals surface area (Å²) in [6.07, 6.45) is 8.32. The van der Waals surface area contributed by atoms with Gasteiger partial charge in [-0.2, -0.15) is 5.06 Å². The Kier molecular flexibility index (Phi) is 2.86. The number of aromatic amines is 1. The van der Waals surface area contributed by atoms with Gasteiger partial charge in [-0.15, -0.1) is 0 Å². The summed E-state index contributed by atoms with van der Waals surface area (Å²) in [6, 6.07) is 8.53. The van der Waals surface area contributed by atoms with Gasteiger partial charge in [0.2, 0.25) is 0 Å². The number of H-pyrrole nitrogens is 1. The number of nitrogens with one attached hydrogen (secondary N) is 1. The summed E-state index contributed by atoms with van der Waals surface area (Å²) in [5.41, 5.74) is 2.74. The molecule has 1 N–H and O–H groups in total. The normalized spacial score (nSPS) is 32.2.